The van der Waals surface area contributed by atoms with Gasteiger partial charge in [0.15, 0.2) is 0 Å². The van der Waals surface area contributed by atoms with Crippen LogP contribution in [0.25, 0.3) is 0 Å². The van der Waals surface area contributed by atoms with E-state index in [-0.39, 0.29) is 0 Å². The average molecular weight is 302 g/mol. The summed E-state index contributed by atoms with van der Waals surface area (Å²) < 4.78 is 0. The lowest BCUT2D eigenvalue weighted by molar-refractivity contribution is -0.668. The van der Waals surface area contributed by atoms with Gasteiger partial charge >= 0.3 is 0 Å². The summed E-state index contributed by atoms with van der Waals surface area (Å²) in [6, 6.07) is 21.1. The van der Waals surface area contributed by atoms with Gasteiger partial charge in [-0.15, -0.1) is 0 Å². The fraction of sp³-hybridized carbons (Fsp3) is 0.333. The van der Waals surface area contributed by atoms with Gasteiger partial charge in [0, 0.05) is 25.2 Å². The van der Waals surface area contributed by atoms with E-state index in [1.54, 1.807) is 0 Å². The second-order valence-corrected chi connectivity index (χ2v) is 5.07. The molecule has 0 saturated heterocycles. The smallest absolute Gasteiger partial charge is 0.101 e. The summed E-state index contributed by atoms with van der Waals surface area (Å²) in [7, 11) is 0. The van der Waals surface area contributed by atoms with Crippen LogP contribution in [0.2, 0.25) is 0 Å². The first-order valence-corrected chi connectivity index (χ1v) is 7.96. The van der Waals surface area contributed by atoms with Crippen molar-refractivity contribution >= 4 is 0 Å². The zero-order chi connectivity index (χ0) is 15.9. The Labute approximate surface area is 133 Å². The number of benzene rings is 2. The van der Waals surface area contributed by atoms with E-state index in [1.165, 1.54) is 11.1 Å². The molecule has 120 valence electrons. The highest BCUT2D eigenvalue weighted by molar-refractivity contribution is 5.14. The Balaban J connectivity index is 0.000000541. The lowest BCUT2D eigenvalue weighted by Gasteiger charge is -2.04. The van der Waals surface area contributed by atoms with Gasteiger partial charge in [0.2, 0.25) is 0 Å². The molecule has 2 aromatic rings. The number of hydrogen-bond acceptors (Lipinski definition) is 2. The van der Waals surface area contributed by atoms with Crippen molar-refractivity contribution in [3.63, 3.8) is 0 Å². The van der Waals surface area contributed by atoms with E-state index in [9.17, 15) is 0 Å². The molecule has 4 nitrogen and oxygen atoms in total. The molecule has 0 aliphatic carbocycles. The Kier molecular flexibility index (Phi) is 10.8. The van der Waals surface area contributed by atoms with Crippen LogP contribution in [0.3, 0.4) is 0 Å². The van der Waals surface area contributed by atoms with Crippen LogP contribution in [-0.4, -0.2) is 26.2 Å². The summed E-state index contributed by atoms with van der Waals surface area (Å²) in [6.45, 7) is 5.73. The van der Waals surface area contributed by atoms with Crippen LogP contribution >= 0.6 is 0 Å². The SMILES string of the molecule is NCC[NH3+].c1ccc(CNCC[NH2+]Cc2ccccc2)cc1. The first kappa shape index (κ1) is 18.3. The van der Waals surface area contributed by atoms with Crippen LogP contribution in [0.4, 0.5) is 0 Å². The van der Waals surface area contributed by atoms with Gasteiger partial charge in [0.05, 0.1) is 13.1 Å². The fourth-order valence-corrected chi connectivity index (χ4v) is 1.92. The fourth-order valence-electron chi connectivity index (χ4n) is 1.92. The number of hydrogen-bond donors (Lipinski definition) is 4. The summed E-state index contributed by atoms with van der Waals surface area (Å²) in [5.74, 6) is 0. The minimum atomic E-state index is 0.708. The molecule has 0 aromatic heterocycles. The number of nitrogens with two attached hydrogens (primary N) is 2. The summed E-state index contributed by atoms with van der Waals surface area (Å²) in [6.07, 6.45) is 0. The molecule has 0 radical (unpaired) electrons. The third-order valence-corrected chi connectivity index (χ3v) is 3.12. The van der Waals surface area contributed by atoms with E-state index < -0.39 is 0 Å². The van der Waals surface area contributed by atoms with Crippen molar-refractivity contribution < 1.29 is 11.1 Å². The average Bonchev–Trinajstić information content (AvgIpc) is 2.60. The first-order valence-electron chi connectivity index (χ1n) is 7.96. The van der Waals surface area contributed by atoms with E-state index in [0.717, 1.165) is 32.7 Å². The third kappa shape index (κ3) is 9.26. The van der Waals surface area contributed by atoms with Crippen molar-refractivity contribution in [2.75, 3.05) is 26.2 Å². The van der Waals surface area contributed by atoms with Crippen LogP contribution < -0.4 is 22.1 Å². The Morgan fingerprint density at radius 1 is 0.909 bits per heavy atom. The molecule has 0 unspecified atom stereocenters. The van der Waals surface area contributed by atoms with Gasteiger partial charge in [0.1, 0.15) is 6.54 Å². The predicted molar refractivity (Wildman–Crippen MR) is 91.9 cm³/mol. The van der Waals surface area contributed by atoms with Crippen molar-refractivity contribution in [2.45, 2.75) is 13.1 Å². The Hall–Kier alpha value is -1.72. The number of rotatable bonds is 8. The molecule has 2 aromatic carbocycles. The van der Waals surface area contributed by atoms with Gasteiger partial charge < -0.3 is 22.1 Å². The van der Waals surface area contributed by atoms with E-state index in [4.69, 9.17) is 5.73 Å². The molecule has 8 N–H and O–H groups in total. The molecule has 0 saturated carbocycles. The van der Waals surface area contributed by atoms with E-state index in [0.29, 0.717) is 6.54 Å². The first-order chi connectivity index (χ1) is 10.9. The van der Waals surface area contributed by atoms with Gasteiger partial charge in [-0.2, -0.15) is 0 Å². The third-order valence-electron chi connectivity index (χ3n) is 3.12. The number of nitrogens with one attached hydrogen (secondary N) is 1. The zero-order valence-corrected chi connectivity index (χ0v) is 13.4. The molecule has 4 heteroatoms. The Morgan fingerprint density at radius 2 is 1.45 bits per heavy atom. The monoisotopic (exact) mass is 302 g/mol. The lowest BCUT2D eigenvalue weighted by atomic mass is 10.2. The molecule has 0 heterocycles. The molecule has 0 aliphatic heterocycles. The Morgan fingerprint density at radius 3 is 2.00 bits per heavy atom. The highest BCUT2D eigenvalue weighted by atomic mass is 14.9. The minimum Gasteiger partial charge on any atom is -0.357 e. The van der Waals surface area contributed by atoms with Crippen LogP contribution in [0.5, 0.6) is 0 Å². The molecule has 0 amide bonds. The topological polar surface area (TPSA) is 82.3 Å². The van der Waals surface area contributed by atoms with Crippen LogP contribution in [0.15, 0.2) is 60.7 Å². The van der Waals surface area contributed by atoms with Crippen LogP contribution in [0.1, 0.15) is 11.1 Å². The van der Waals surface area contributed by atoms with Gasteiger partial charge in [0.25, 0.3) is 0 Å². The molecule has 0 atom stereocenters. The van der Waals surface area contributed by atoms with E-state index in [1.807, 2.05) is 0 Å². The minimum absolute atomic E-state index is 0.708. The zero-order valence-electron chi connectivity index (χ0n) is 13.4. The maximum Gasteiger partial charge on any atom is 0.101 e. The van der Waals surface area contributed by atoms with E-state index in [2.05, 4.69) is 77.0 Å². The molecule has 2 rings (SSSR count). The van der Waals surface area contributed by atoms with Crippen molar-refractivity contribution in [3.05, 3.63) is 71.8 Å². The van der Waals surface area contributed by atoms with Gasteiger partial charge in [-0.25, -0.2) is 0 Å². The standard InChI is InChI=1S/C16H20N2.C2H8N2/c1-3-7-15(8-4-1)13-17-11-12-18-14-16-9-5-2-6-10-16;3-1-2-4/h1-10,17-18H,11-14H2;1-4H2/p+2. The maximum absolute atomic E-state index is 4.97. The highest BCUT2D eigenvalue weighted by Crippen LogP contribution is 1.96. The molecule has 0 aliphatic rings. The van der Waals surface area contributed by atoms with Crippen LogP contribution in [0, 0.1) is 0 Å². The van der Waals surface area contributed by atoms with E-state index >= 15 is 0 Å². The maximum atomic E-state index is 4.97. The second-order valence-electron chi connectivity index (χ2n) is 5.07. The highest BCUT2D eigenvalue weighted by Gasteiger charge is 1.94. The van der Waals surface area contributed by atoms with Gasteiger partial charge in [-0.05, 0) is 5.56 Å². The molecular formula is C18H30N4+2. The Bertz CT molecular complexity index is 414. The van der Waals surface area contributed by atoms with Crippen molar-refractivity contribution in [1.82, 2.24) is 5.32 Å². The van der Waals surface area contributed by atoms with Crippen molar-refractivity contribution in [1.29, 1.82) is 0 Å². The summed E-state index contributed by atoms with van der Waals surface area (Å²) in [5.41, 5.74) is 11.2. The van der Waals surface area contributed by atoms with Gasteiger partial charge in [-0.3, -0.25) is 0 Å². The van der Waals surface area contributed by atoms with Crippen molar-refractivity contribution in [3.8, 4) is 0 Å². The summed E-state index contributed by atoms with van der Waals surface area (Å²) in [4.78, 5) is 0. The van der Waals surface area contributed by atoms with Crippen molar-refractivity contribution in [2.24, 2.45) is 5.73 Å². The van der Waals surface area contributed by atoms with Crippen LogP contribution in [-0.2, 0) is 13.1 Å². The quantitative estimate of drug-likeness (QED) is 0.506. The predicted octanol–water partition coefficient (Wildman–Crippen LogP) is -0.273. The van der Waals surface area contributed by atoms with Gasteiger partial charge in [-0.1, -0.05) is 60.7 Å². The molecule has 0 fully saturated rings. The molecule has 22 heavy (non-hydrogen) atoms. The molecular weight excluding hydrogens is 272 g/mol. The number of quaternary nitrogens is 2. The molecule has 0 bridgehead atoms. The lowest BCUT2D eigenvalue weighted by Crippen LogP contribution is -2.84. The summed E-state index contributed by atoms with van der Waals surface area (Å²) >= 11 is 0. The normalized spacial score (nSPS) is 9.91. The largest absolute Gasteiger partial charge is 0.357 e. The molecule has 0 spiro atoms. The summed E-state index contributed by atoms with van der Waals surface area (Å²) in [5, 5.41) is 5.80. The second kappa shape index (κ2) is 13.0.